The molecule has 0 aromatic heterocycles. The van der Waals surface area contributed by atoms with Crippen LogP contribution >= 0.6 is 0 Å². The molecular formula is C13H25N. The van der Waals surface area contributed by atoms with Crippen molar-refractivity contribution in [3.05, 3.63) is 0 Å². The van der Waals surface area contributed by atoms with Gasteiger partial charge in [0.2, 0.25) is 0 Å². The lowest BCUT2D eigenvalue weighted by Gasteiger charge is -2.31. The molecule has 2 aliphatic carbocycles. The first kappa shape index (κ1) is 10.5. The molecule has 0 amide bonds. The number of hydrogen-bond acceptors (Lipinski definition) is 1. The van der Waals surface area contributed by atoms with E-state index in [-0.39, 0.29) is 0 Å². The molecular weight excluding hydrogens is 170 g/mol. The average molecular weight is 195 g/mol. The molecule has 2 rings (SSSR count). The van der Waals surface area contributed by atoms with Crippen LogP contribution in [0, 0.1) is 11.8 Å². The molecule has 1 nitrogen and oxygen atoms in total. The highest BCUT2D eigenvalue weighted by molar-refractivity contribution is 4.85. The Morgan fingerprint density at radius 2 is 1.79 bits per heavy atom. The van der Waals surface area contributed by atoms with Crippen LogP contribution in [0.4, 0.5) is 0 Å². The van der Waals surface area contributed by atoms with Gasteiger partial charge in [-0.1, -0.05) is 39.0 Å². The van der Waals surface area contributed by atoms with Crippen molar-refractivity contribution in [3.8, 4) is 0 Å². The molecule has 14 heavy (non-hydrogen) atoms. The lowest BCUT2D eigenvalue weighted by atomic mass is 9.82. The van der Waals surface area contributed by atoms with Gasteiger partial charge in [0.15, 0.2) is 0 Å². The van der Waals surface area contributed by atoms with Crippen LogP contribution in [0.15, 0.2) is 0 Å². The van der Waals surface area contributed by atoms with Gasteiger partial charge < -0.3 is 5.32 Å². The van der Waals surface area contributed by atoms with Gasteiger partial charge in [0, 0.05) is 6.04 Å². The van der Waals surface area contributed by atoms with E-state index in [1.807, 2.05) is 0 Å². The second-order valence-electron chi connectivity index (χ2n) is 5.24. The summed E-state index contributed by atoms with van der Waals surface area (Å²) in [6.07, 6.45) is 11.9. The highest BCUT2D eigenvalue weighted by Gasteiger charge is 2.30. The lowest BCUT2D eigenvalue weighted by molar-refractivity contribution is 0.254. The first-order chi connectivity index (χ1) is 6.90. The molecule has 0 bridgehead atoms. The van der Waals surface area contributed by atoms with Crippen LogP contribution in [0.1, 0.15) is 58.3 Å². The van der Waals surface area contributed by atoms with Crippen molar-refractivity contribution in [2.75, 3.05) is 6.54 Å². The fourth-order valence-corrected chi connectivity index (χ4v) is 2.95. The van der Waals surface area contributed by atoms with Crippen molar-refractivity contribution in [2.45, 2.75) is 64.3 Å². The maximum atomic E-state index is 3.72. The zero-order valence-corrected chi connectivity index (χ0v) is 9.60. The van der Waals surface area contributed by atoms with Gasteiger partial charge in [-0.15, -0.1) is 0 Å². The Hall–Kier alpha value is -0.0400. The van der Waals surface area contributed by atoms with E-state index >= 15 is 0 Å². The summed E-state index contributed by atoms with van der Waals surface area (Å²) in [6, 6.07) is 0.854. The Kier molecular flexibility index (Phi) is 3.86. The second kappa shape index (κ2) is 5.16. The summed E-state index contributed by atoms with van der Waals surface area (Å²) in [5.41, 5.74) is 0. The number of hydrogen-bond donors (Lipinski definition) is 1. The number of nitrogens with one attached hydrogen (secondary N) is 1. The third-order valence-corrected chi connectivity index (χ3v) is 3.97. The summed E-state index contributed by atoms with van der Waals surface area (Å²) in [5.74, 6) is 2.09. The third kappa shape index (κ3) is 2.98. The Labute approximate surface area is 88.7 Å². The van der Waals surface area contributed by atoms with Gasteiger partial charge >= 0.3 is 0 Å². The summed E-state index contributed by atoms with van der Waals surface area (Å²) < 4.78 is 0. The van der Waals surface area contributed by atoms with E-state index in [9.17, 15) is 0 Å². The van der Waals surface area contributed by atoms with Crippen LogP contribution < -0.4 is 5.32 Å². The van der Waals surface area contributed by atoms with Gasteiger partial charge in [-0.25, -0.2) is 0 Å². The zero-order chi connectivity index (χ0) is 9.80. The minimum atomic E-state index is 0.854. The van der Waals surface area contributed by atoms with Crippen LogP contribution in [-0.4, -0.2) is 12.6 Å². The molecule has 0 aromatic rings. The minimum absolute atomic E-state index is 0.854. The van der Waals surface area contributed by atoms with E-state index in [2.05, 4.69) is 12.2 Å². The second-order valence-corrected chi connectivity index (χ2v) is 5.24. The molecule has 1 atom stereocenters. The molecule has 0 heterocycles. The van der Waals surface area contributed by atoms with E-state index in [0.29, 0.717) is 0 Å². The standard InChI is InChI=1S/C13H25N/c1-2-14-13(10-11-8-9-11)12-6-4-3-5-7-12/h11-14H,2-10H2,1H3. The van der Waals surface area contributed by atoms with Gasteiger partial charge in [-0.3, -0.25) is 0 Å². The molecule has 0 saturated heterocycles. The van der Waals surface area contributed by atoms with Crippen LogP contribution in [0.3, 0.4) is 0 Å². The van der Waals surface area contributed by atoms with E-state index in [1.165, 1.54) is 51.4 Å². The highest BCUT2D eigenvalue weighted by Crippen LogP contribution is 2.37. The maximum absolute atomic E-state index is 3.72. The van der Waals surface area contributed by atoms with E-state index < -0.39 is 0 Å². The van der Waals surface area contributed by atoms with Crippen molar-refractivity contribution in [1.29, 1.82) is 0 Å². The minimum Gasteiger partial charge on any atom is -0.314 e. The molecule has 0 aromatic carbocycles. The zero-order valence-electron chi connectivity index (χ0n) is 9.60. The molecule has 1 unspecified atom stereocenters. The maximum Gasteiger partial charge on any atom is 0.00978 e. The molecule has 2 saturated carbocycles. The summed E-state index contributed by atoms with van der Waals surface area (Å²) in [7, 11) is 0. The summed E-state index contributed by atoms with van der Waals surface area (Å²) in [5, 5.41) is 3.72. The van der Waals surface area contributed by atoms with Gasteiger partial charge in [0.05, 0.1) is 0 Å². The predicted octanol–water partition coefficient (Wildman–Crippen LogP) is 3.34. The van der Waals surface area contributed by atoms with Gasteiger partial charge in [-0.2, -0.15) is 0 Å². The highest BCUT2D eigenvalue weighted by atomic mass is 14.9. The van der Waals surface area contributed by atoms with Crippen molar-refractivity contribution in [3.63, 3.8) is 0 Å². The van der Waals surface area contributed by atoms with Crippen molar-refractivity contribution >= 4 is 0 Å². The molecule has 1 N–H and O–H groups in total. The van der Waals surface area contributed by atoms with Crippen LogP contribution in [0.5, 0.6) is 0 Å². The summed E-state index contributed by atoms with van der Waals surface area (Å²) in [6.45, 7) is 3.41. The monoisotopic (exact) mass is 195 g/mol. The fourth-order valence-electron chi connectivity index (χ4n) is 2.95. The summed E-state index contributed by atoms with van der Waals surface area (Å²) in [4.78, 5) is 0. The Balaban J connectivity index is 1.79. The Bertz CT molecular complexity index is 157. The topological polar surface area (TPSA) is 12.0 Å². The molecule has 0 spiro atoms. The molecule has 2 fully saturated rings. The van der Waals surface area contributed by atoms with Gasteiger partial charge in [-0.05, 0) is 37.6 Å². The quantitative estimate of drug-likeness (QED) is 0.709. The third-order valence-electron chi connectivity index (χ3n) is 3.97. The van der Waals surface area contributed by atoms with Crippen molar-refractivity contribution < 1.29 is 0 Å². The molecule has 82 valence electrons. The molecule has 0 radical (unpaired) electrons. The first-order valence-electron chi connectivity index (χ1n) is 6.63. The Morgan fingerprint density at radius 1 is 1.07 bits per heavy atom. The number of rotatable bonds is 5. The van der Waals surface area contributed by atoms with Crippen LogP contribution in [0.25, 0.3) is 0 Å². The van der Waals surface area contributed by atoms with Crippen molar-refractivity contribution in [2.24, 2.45) is 11.8 Å². The van der Waals surface area contributed by atoms with Gasteiger partial charge in [0.25, 0.3) is 0 Å². The fraction of sp³-hybridized carbons (Fsp3) is 1.00. The van der Waals surface area contributed by atoms with Gasteiger partial charge in [0.1, 0.15) is 0 Å². The molecule has 0 aliphatic heterocycles. The van der Waals surface area contributed by atoms with E-state index in [0.717, 1.165) is 24.4 Å². The van der Waals surface area contributed by atoms with Crippen LogP contribution in [0.2, 0.25) is 0 Å². The normalized spacial score (nSPS) is 26.4. The SMILES string of the molecule is CCNC(CC1CC1)C1CCCCC1. The van der Waals surface area contributed by atoms with Crippen LogP contribution in [-0.2, 0) is 0 Å². The largest absolute Gasteiger partial charge is 0.314 e. The first-order valence-corrected chi connectivity index (χ1v) is 6.63. The smallest absolute Gasteiger partial charge is 0.00978 e. The van der Waals surface area contributed by atoms with Crippen molar-refractivity contribution in [1.82, 2.24) is 5.32 Å². The predicted molar refractivity (Wildman–Crippen MR) is 61.4 cm³/mol. The van der Waals surface area contributed by atoms with E-state index in [4.69, 9.17) is 0 Å². The summed E-state index contributed by atoms with van der Waals surface area (Å²) >= 11 is 0. The Morgan fingerprint density at radius 3 is 2.36 bits per heavy atom. The lowest BCUT2D eigenvalue weighted by Crippen LogP contribution is -2.37. The average Bonchev–Trinajstić information content (AvgIpc) is 3.03. The molecule has 2 aliphatic rings. The molecule has 1 heteroatoms. The van der Waals surface area contributed by atoms with E-state index in [1.54, 1.807) is 0 Å².